The van der Waals surface area contributed by atoms with Crippen molar-refractivity contribution >= 4 is 0 Å². The number of likely N-dealkylation sites (N-methyl/N-ethyl adjacent to an activating group) is 1. The van der Waals surface area contributed by atoms with Crippen molar-refractivity contribution in [3.63, 3.8) is 0 Å². The molecule has 2 saturated carbocycles. The summed E-state index contributed by atoms with van der Waals surface area (Å²) < 4.78 is 0. The highest BCUT2D eigenvalue weighted by Gasteiger charge is 2.45. The van der Waals surface area contributed by atoms with Gasteiger partial charge in [-0.3, -0.25) is 4.90 Å². The number of hydrogen-bond acceptors (Lipinski definition) is 2. The molecule has 0 saturated heterocycles. The highest BCUT2D eigenvalue weighted by molar-refractivity contribution is 5.02. The number of nitrogens with two attached hydrogens (primary N) is 1. The van der Waals surface area contributed by atoms with E-state index in [-0.39, 0.29) is 0 Å². The topological polar surface area (TPSA) is 29.3 Å². The largest absolute Gasteiger partial charge is 0.329 e. The van der Waals surface area contributed by atoms with E-state index in [0.717, 1.165) is 18.5 Å². The van der Waals surface area contributed by atoms with Gasteiger partial charge in [-0.1, -0.05) is 19.8 Å². The molecule has 2 fully saturated rings. The lowest BCUT2D eigenvalue weighted by atomic mass is 9.72. The SMILES string of the molecule is CC1CCCCC1(CN)N(C)C1CC1. The molecule has 0 bridgehead atoms. The summed E-state index contributed by atoms with van der Waals surface area (Å²) in [6.07, 6.45) is 8.25. The molecule has 0 heterocycles. The van der Waals surface area contributed by atoms with Crippen LogP contribution in [0.4, 0.5) is 0 Å². The average molecular weight is 196 g/mol. The van der Waals surface area contributed by atoms with Gasteiger partial charge in [0.1, 0.15) is 0 Å². The van der Waals surface area contributed by atoms with Crippen LogP contribution in [-0.4, -0.2) is 30.1 Å². The maximum atomic E-state index is 6.05. The molecule has 2 nitrogen and oxygen atoms in total. The number of hydrogen-bond donors (Lipinski definition) is 1. The summed E-state index contributed by atoms with van der Waals surface area (Å²) in [6, 6.07) is 0.846. The Morgan fingerprint density at radius 3 is 2.50 bits per heavy atom. The van der Waals surface area contributed by atoms with Crippen molar-refractivity contribution in [1.82, 2.24) is 4.90 Å². The summed E-state index contributed by atoms with van der Waals surface area (Å²) in [7, 11) is 2.30. The number of rotatable bonds is 3. The van der Waals surface area contributed by atoms with Crippen LogP contribution < -0.4 is 5.73 Å². The third-order valence-corrected chi connectivity index (χ3v) is 4.56. The Balaban J connectivity index is 2.12. The molecule has 2 N–H and O–H groups in total. The summed E-state index contributed by atoms with van der Waals surface area (Å²) >= 11 is 0. The van der Waals surface area contributed by atoms with Crippen molar-refractivity contribution in [2.45, 2.75) is 57.0 Å². The Labute approximate surface area is 87.8 Å². The minimum absolute atomic E-state index is 0.333. The van der Waals surface area contributed by atoms with Crippen LogP contribution >= 0.6 is 0 Å². The normalized spacial score (nSPS) is 39.0. The molecule has 0 aromatic heterocycles. The van der Waals surface area contributed by atoms with Crippen LogP contribution in [0.3, 0.4) is 0 Å². The van der Waals surface area contributed by atoms with Crippen molar-refractivity contribution in [1.29, 1.82) is 0 Å². The zero-order valence-corrected chi connectivity index (χ0v) is 9.63. The van der Waals surface area contributed by atoms with Crippen molar-refractivity contribution in [3.05, 3.63) is 0 Å². The minimum atomic E-state index is 0.333. The first-order valence-corrected chi connectivity index (χ1v) is 6.14. The lowest BCUT2D eigenvalue weighted by Crippen LogP contribution is -2.58. The van der Waals surface area contributed by atoms with E-state index in [1.54, 1.807) is 0 Å². The van der Waals surface area contributed by atoms with Gasteiger partial charge < -0.3 is 5.73 Å². The molecule has 2 atom stereocenters. The monoisotopic (exact) mass is 196 g/mol. The first-order chi connectivity index (χ1) is 6.70. The van der Waals surface area contributed by atoms with Gasteiger partial charge in [0.05, 0.1) is 0 Å². The lowest BCUT2D eigenvalue weighted by Gasteiger charge is -2.49. The van der Waals surface area contributed by atoms with Crippen LogP contribution in [0.5, 0.6) is 0 Å². The van der Waals surface area contributed by atoms with Gasteiger partial charge in [0.15, 0.2) is 0 Å². The van der Waals surface area contributed by atoms with Gasteiger partial charge in [-0.25, -0.2) is 0 Å². The van der Waals surface area contributed by atoms with E-state index in [4.69, 9.17) is 5.73 Å². The molecule has 2 unspecified atom stereocenters. The van der Waals surface area contributed by atoms with E-state index in [1.165, 1.54) is 38.5 Å². The molecular weight excluding hydrogens is 172 g/mol. The molecule has 0 aromatic rings. The predicted octanol–water partition coefficient (Wildman–Crippen LogP) is 1.99. The van der Waals surface area contributed by atoms with Crippen LogP contribution in [0.25, 0.3) is 0 Å². The Bertz CT molecular complexity index is 200. The molecule has 2 rings (SSSR count). The van der Waals surface area contributed by atoms with Crippen molar-refractivity contribution < 1.29 is 0 Å². The highest BCUT2D eigenvalue weighted by atomic mass is 15.2. The summed E-state index contributed by atoms with van der Waals surface area (Å²) in [6.45, 7) is 3.24. The first-order valence-electron chi connectivity index (χ1n) is 6.14. The fourth-order valence-electron chi connectivity index (χ4n) is 3.19. The summed E-state index contributed by atoms with van der Waals surface area (Å²) in [5, 5.41) is 0. The Kier molecular flexibility index (Phi) is 2.85. The molecule has 0 spiro atoms. The molecule has 0 radical (unpaired) electrons. The zero-order chi connectivity index (χ0) is 10.2. The summed E-state index contributed by atoms with van der Waals surface area (Å²) in [4.78, 5) is 2.61. The number of nitrogens with zero attached hydrogens (tertiary/aromatic N) is 1. The van der Waals surface area contributed by atoms with Gasteiger partial charge in [0.2, 0.25) is 0 Å². The maximum absolute atomic E-state index is 6.05. The molecule has 2 aliphatic rings. The smallest absolute Gasteiger partial charge is 0.0357 e. The third-order valence-electron chi connectivity index (χ3n) is 4.56. The molecular formula is C12H24N2. The van der Waals surface area contributed by atoms with Crippen LogP contribution in [0.15, 0.2) is 0 Å². The van der Waals surface area contributed by atoms with Gasteiger partial charge in [0.25, 0.3) is 0 Å². The fraction of sp³-hybridized carbons (Fsp3) is 1.00. The van der Waals surface area contributed by atoms with Crippen molar-refractivity contribution in [2.24, 2.45) is 11.7 Å². The predicted molar refractivity (Wildman–Crippen MR) is 60.2 cm³/mol. The molecule has 82 valence electrons. The first kappa shape index (κ1) is 10.4. The van der Waals surface area contributed by atoms with Crippen molar-refractivity contribution in [3.8, 4) is 0 Å². The van der Waals surface area contributed by atoms with Gasteiger partial charge in [0, 0.05) is 18.1 Å². The molecule has 0 aliphatic heterocycles. The quantitative estimate of drug-likeness (QED) is 0.748. The van der Waals surface area contributed by atoms with E-state index in [1.807, 2.05) is 0 Å². The summed E-state index contributed by atoms with van der Waals surface area (Å²) in [5.74, 6) is 0.784. The maximum Gasteiger partial charge on any atom is 0.0357 e. The van der Waals surface area contributed by atoms with Crippen LogP contribution in [0, 0.1) is 5.92 Å². The molecule has 2 aliphatic carbocycles. The standard InChI is InChI=1S/C12H24N2/c1-10-5-3-4-8-12(10,9-13)14(2)11-6-7-11/h10-11H,3-9,13H2,1-2H3. The molecule has 14 heavy (non-hydrogen) atoms. The Morgan fingerprint density at radius 2 is 2.00 bits per heavy atom. The lowest BCUT2D eigenvalue weighted by molar-refractivity contribution is 0.0276. The zero-order valence-electron chi connectivity index (χ0n) is 9.63. The van der Waals surface area contributed by atoms with Crippen LogP contribution in [-0.2, 0) is 0 Å². The van der Waals surface area contributed by atoms with Crippen molar-refractivity contribution in [2.75, 3.05) is 13.6 Å². The van der Waals surface area contributed by atoms with E-state index >= 15 is 0 Å². The second-order valence-corrected chi connectivity index (χ2v) is 5.30. The fourth-order valence-corrected chi connectivity index (χ4v) is 3.19. The van der Waals surface area contributed by atoms with Crippen LogP contribution in [0.2, 0.25) is 0 Å². The average Bonchev–Trinajstić information content (AvgIpc) is 3.01. The summed E-state index contributed by atoms with van der Waals surface area (Å²) in [5.41, 5.74) is 6.39. The third kappa shape index (κ3) is 1.59. The second kappa shape index (κ2) is 3.82. The molecule has 0 aromatic carbocycles. The van der Waals surface area contributed by atoms with E-state index in [9.17, 15) is 0 Å². The van der Waals surface area contributed by atoms with E-state index in [2.05, 4.69) is 18.9 Å². The van der Waals surface area contributed by atoms with Gasteiger partial charge in [-0.2, -0.15) is 0 Å². The van der Waals surface area contributed by atoms with Crippen LogP contribution in [0.1, 0.15) is 45.4 Å². The van der Waals surface area contributed by atoms with Gasteiger partial charge >= 0.3 is 0 Å². The molecule has 0 amide bonds. The van der Waals surface area contributed by atoms with Gasteiger partial charge in [-0.15, -0.1) is 0 Å². The second-order valence-electron chi connectivity index (χ2n) is 5.30. The minimum Gasteiger partial charge on any atom is -0.329 e. The van der Waals surface area contributed by atoms with E-state index < -0.39 is 0 Å². The Morgan fingerprint density at radius 1 is 1.29 bits per heavy atom. The van der Waals surface area contributed by atoms with E-state index in [0.29, 0.717) is 5.54 Å². The molecule has 2 heteroatoms. The van der Waals surface area contributed by atoms with Gasteiger partial charge in [-0.05, 0) is 38.6 Å². The highest BCUT2D eigenvalue weighted by Crippen LogP contribution is 2.42. The Hall–Kier alpha value is -0.0800.